The van der Waals surface area contributed by atoms with Crippen molar-refractivity contribution in [1.82, 2.24) is 4.90 Å². The van der Waals surface area contributed by atoms with E-state index in [1.54, 1.807) is 11.8 Å². The van der Waals surface area contributed by atoms with Gasteiger partial charge in [-0.2, -0.15) is 0 Å². The first-order valence-corrected chi connectivity index (χ1v) is 6.36. The number of carbonyl (C=O) groups excluding carboxylic acids is 1. The summed E-state index contributed by atoms with van der Waals surface area (Å²) in [4.78, 5) is 24.5. The monoisotopic (exact) mass is 281 g/mol. The van der Waals surface area contributed by atoms with Crippen LogP contribution in [-0.4, -0.2) is 47.7 Å². The van der Waals surface area contributed by atoms with E-state index in [-0.39, 0.29) is 24.7 Å². The molecule has 6 heteroatoms. The smallest absolute Gasteiger partial charge is 0.306 e. The van der Waals surface area contributed by atoms with Gasteiger partial charge in [0.05, 0.1) is 19.1 Å². The minimum absolute atomic E-state index is 0.133. The van der Waals surface area contributed by atoms with E-state index in [4.69, 9.17) is 9.84 Å². The fourth-order valence-corrected chi connectivity index (χ4v) is 2.18. The van der Waals surface area contributed by atoms with Crippen molar-refractivity contribution in [2.24, 2.45) is 0 Å². The van der Waals surface area contributed by atoms with Gasteiger partial charge in [-0.15, -0.1) is 0 Å². The molecule has 108 valence electrons. The summed E-state index contributed by atoms with van der Waals surface area (Å²) >= 11 is 0. The summed E-state index contributed by atoms with van der Waals surface area (Å²) in [6, 6.07) is 4.20. The maximum Gasteiger partial charge on any atom is 0.306 e. The predicted molar refractivity (Wildman–Crippen MR) is 69.0 cm³/mol. The van der Waals surface area contributed by atoms with Crippen LogP contribution in [0.4, 0.5) is 4.39 Å². The molecule has 1 heterocycles. The van der Waals surface area contributed by atoms with E-state index in [9.17, 15) is 14.0 Å². The number of carboxylic acid groups (broad SMARTS) is 1. The quantitative estimate of drug-likeness (QED) is 0.910. The number of hydrogen-bond acceptors (Lipinski definition) is 3. The van der Waals surface area contributed by atoms with E-state index in [0.717, 1.165) is 0 Å². The van der Waals surface area contributed by atoms with E-state index in [2.05, 4.69) is 0 Å². The minimum atomic E-state index is -0.957. The Balaban J connectivity index is 2.08. The number of benzene rings is 1. The number of carbonyl (C=O) groups is 2. The molecule has 1 amide bonds. The Bertz CT molecular complexity index is 532. The van der Waals surface area contributed by atoms with Crippen molar-refractivity contribution in [2.45, 2.75) is 19.4 Å². The van der Waals surface area contributed by atoms with Gasteiger partial charge < -0.3 is 14.7 Å². The van der Waals surface area contributed by atoms with Gasteiger partial charge in [0.1, 0.15) is 5.82 Å². The summed E-state index contributed by atoms with van der Waals surface area (Å²) < 4.78 is 18.5. The van der Waals surface area contributed by atoms with Crippen LogP contribution in [-0.2, 0) is 9.53 Å². The fraction of sp³-hybridized carbons (Fsp3) is 0.429. The summed E-state index contributed by atoms with van der Waals surface area (Å²) in [6.45, 7) is 2.55. The Kier molecular flexibility index (Phi) is 4.34. The lowest BCUT2D eigenvalue weighted by Crippen LogP contribution is -2.46. The van der Waals surface area contributed by atoms with E-state index in [1.165, 1.54) is 18.2 Å². The third-order valence-electron chi connectivity index (χ3n) is 3.23. The topological polar surface area (TPSA) is 66.8 Å². The van der Waals surface area contributed by atoms with Crippen molar-refractivity contribution in [3.8, 4) is 0 Å². The summed E-state index contributed by atoms with van der Waals surface area (Å²) in [7, 11) is 0. The lowest BCUT2D eigenvalue weighted by atomic mass is 10.1. The van der Waals surface area contributed by atoms with Gasteiger partial charge in [0.2, 0.25) is 0 Å². The van der Waals surface area contributed by atoms with Crippen LogP contribution in [0, 0.1) is 12.7 Å². The minimum Gasteiger partial charge on any atom is -0.481 e. The average molecular weight is 281 g/mol. The number of rotatable bonds is 3. The molecule has 0 radical (unpaired) electrons. The first-order chi connectivity index (χ1) is 9.47. The van der Waals surface area contributed by atoms with Crippen LogP contribution in [0.25, 0.3) is 0 Å². The zero-order chi connectivity index (χ0) is 14.7. The Hall–Kier alpha value is -1.95. The summed E-state index contributed by atoms with van der Waals surface area (Å²) in [6.07, 6.45) is -0.626. The van der Waals surface area contributed by atoms with Crippen LogP contribution < -0.4 is 0 Å². The summed E-state index contributed by atoms with van der Waals surface area (Å²) in [5, 5.41) is 8.75. The zero-order valence-electron chi connectivity index (χ0n) is 11.1. The fourth-order valence-electron chi connectivity index (χ4n) is 2.18. The van der Waals surface area contributed by atoms with Crippen LogP contribution in [0.2, 0.25) is 0 Å². The second kappa shape index (κ2) is 6.00. The van der Waals surface area contributed by atoms with Crippen molar-refractivity contribution in [1.29, 1.82) is 0 Å². The highest BCUT2D eigenvalue weighted by Crippen LogP contribution is 2.15. The third kappa shape index (κ3) is 3.33. The molecule has 0 aliphatic carbocycles. The number of carboxylic acids is 1. The number of morpholine rings is 1. The first kappa shape index (κ1) is 14.5. The molecule has 1 N–H and O–H groups in total. The van der Waals surface area contributed by atoms with Crippen molar-refractivity contribution in [3.63, 3.8) is 0 Å². The van der Waals surface area contributed by atoms with E-state index in [1.807, 2.05) is 0 Å². The lowest BCUT2D eigenvalue weighted by Gasteiger charge is -2.32. The van der Waals surface area contributed by atoms with Gasteiger partial charge >= 0.3 is 5.97 Å². The molecule has 1 aliphatic heterocycles. The molecule has 5 nitrogen and oxygen atoms in total. The second-order valence-electron chi connectivity index (χ2n) is 4.81. The van der Waals surface area contributed by atoms with Gasteiger partial charge in [-0.25, -0.2) is 4.39 Å². The third-order valence-corrected chi connectivity index (χ3v) is 3.23. The Morgan fingerprint density at radius 2 is 2.25 bits per heavy atom. The van der Waals surface area contributed by atoms with Crippen molar-refractivity contribution in [3.05, 3.63) is 35.1 Å². The van der Waals surface area contributed by atoms with Crippen molar-refractivity contribution >= 4 is 11.9 Å². The molecule has 0 bridgehead atoms. The maximum absolute atomic E-state index is 13.2. The first-order valence-electron chi connectivity index (χ1n) is 6.36. The highest BCUT2D eigenvalue weighted by atomic mass is 19.1. The molecule has 0 aromatic heterocycles. The molecule has 1 aromatic carbocycles. The van der Waals surface area contributed by atoms with Crippen LogP contribution in [0.1, 0.15) is 22.3 Å². The standard InChI is InChI=1S/C14H16FNO4/c1-9-6-10(2-3-12(9)15)14(19)16-4-5-20-11(8-16)7-13(17)18/h2-3,6,11H,4-5,7-8H2,1H3,(H,17,18). The summed E-state index contributed by atoms with van der Waals surface area (Å²) in [5.74, 6) is -1.54. The van der Waals surface area contributed by atoms with Crippen molar-refractivity contribution < 1.29 is 23.8 Å². The normalized spacial score (nSPS) is 18.9. The van der Waals surface area contributed by atoms with Gasteiger partial charge in [-0.05, 0) is 30.7 Å². The summed E-state index contributed by atoms with van der Waals surface area (Å²) in [5.41, 5.74) is 0.811. The number of aliphatic carboxylic acids is 1. The van der Waals surface area contributed by atoms with Crippen LogP contribution >= 0.6 is 0 Å². The molecule has 0 saturated carbocycles. The highest BCUT2D eigenvalue weighted by molar-refractivity contribution is 5.94. The van der Waals surface area contributed by atoms with Gasteiger partial charge in [0.25, 0.3) is 5.91 Å². The Morgan fingerprint density at radius 3 is 2.90 bits per heavy atom. The van der Waals surface area contributed by atoms with Gasteiger partial charge in [-0.3, -0.25) is 9.59 Å². The van der Waals surface area contributed by atoms with Crippen LogP contribution in [0.3, 0.4) is 0 Å². The van der Waals surface area contributed by atoms with Gasteiger partial charge in [0, 0.05) is 18.7 Å². The molecule has 1 fully saturated rings. The maximum atomic E-state index is 13.2. The SMILES string of the molecule is Cc1cc(C(=O)N2CCOC(CC(=O)O)C2)ccc1F. The molecular weight excluding hydrogens is 265 g/mol. The van der Waals surface area contributed by atoms with E-state index in [0.29, 0.717) is 24.3 Å². The number of nitrogens with zero attached hydrogens (tertiary/aromatic N) is 1. The molecule has 1 unspecified atom stereocenters. The highest BCUT2D eigenvalue weighted by Gasteiger charge is 2.26. The molecule has 1 aliphatic rings. The largest absolute Gasteiger partial charge is 0.481 e. The van der Waals surface area contributed by atoms with E-state index < -0.39 is 12.1 Å². The van der Waals surface area contributed by atoms with Crippen LogP contribution in [0.5, 0.6) is 0 Å². The lowest BCUT2D eigenvalue weighted by molar-refractivity contribution is -0.141. The molecule has 1 aromatic rings. The molecule has 1 atom stereocenters. The second-order valence-corrected chi connectivity index (χ2v) is 4.81. The Labute approximate surface area is 116 Å². The molecule has 20 heavy (non-hydrogen) atoms. The van der Waals surface area contributed by atoms with Gasteiger partial charge in [0.15, 0.2) is 0 Å². The number of amides is 1. The number of aryl methyl sites for hydroxylation is 1. The molecule has 1 saturated heterocycles. The predicted octanol–water partition coefficient (Wildman–Crippen LogP) is 1.45. The molecule has 2 rings (SSSR count). The number of ether oxygens (including phenoxy) is 1. The molecular formula is C14H16FNO4. The van der Waals surface area contributed by atoms with Gasteiger partial charge in [-0.1, -0.05) is 0 Å². The molecule has 0 spiro atoms. The van der Waals surface area contributed by atoms with Crippen LogP contribution in [0.15, 0.2) is 18.2 Å². The van der Waals surface area contributed by atoms with E-state index >= 15 is 0 Å². The van der Waals surface area contributed by atoms with Crippen molar-refractivity contribution in [2.75, 3.05) is 19.7 Å². The number of hydrogen-bond donors (Lipinski definition) is 1. The zero-order valence-corrected chi connectivity index (χ0v) is 11.1. The average Bonchev–Trinajstić information content (AvgIpc) is 2.40. The number of halogens is 1. The Morgan fingerprint density at radius 1 is 1.50 bits per heavy atom.